The third-order valence-corrected chi connectivity index (χ3v) is 6.63. The van der Waals surface area contributed by atoms with Gasteiger partial charge in [-0.2, -0.15) is 0 Å². The summed E-state index contributed by atoms with van der Waals surface area (Å²) in [6.45, 7) is 6.06. The van der Waals surface area contributed by atoms with Crippen molar-refractivity contribution in [3.8, 4) is 16.9 Å². The third kappa shape index (κ3) is 8.09. The summed E-state index contributed by atoms with van der Waals surface area (Å²) in [5.41, 5.74) is 3.51. The van der Waals surface area contributed by atoms with E-state index < -0.39 is 22.9 Å². The fourth-order valence-electron chi connectivity index (χ4n) is 4.17. The molecule has 0 aromatic heterocycles. The second-order valence-corrected chi connectivity index (χ2v) is 10.4. The van der Waals surface area contributed by atoms with Gasteiger partial charge in [0.05, 0.1) is 0 Å². The molecule has 0 heterocycles. The van der Waals surface area contributed by atoms with Gasteiger partial charge in [0, 0.05) is 6.42 Å². The van der Waals surface area contributed by atoms with Gasteiger partial charge in [-0.1, -0.05) is 113 Å². The Balaban J connectivity index is 1.58. The van der Waals surface area contributed by atoms with Crippen LogP contribution in [-0.4, -0.2) is 17.0 Å². The van der Waals surface area contributed by atoms with Crippen LogP contribution in [0.3, 0.4) is 0 Å². The number of carbonyl (C=O) groups excluding carboxylic acids is 2. The smallest absolute Gasteiger partial charge is 0.324 e. The number of benzene rings is 2. The highest BCUT2D eigenvalue weighted by atomic mass is 35.5. The van der Waals surface area contributed by atoms with Gasteiger partial charge in [0.25, 0.3) is 0 Å². The summed E-state index contributed by atoms with van der Waals surface area (Å²) in [4.78, 5) is 25.2. The summed E-state index contributed by atoms with van der Waals surface area (Å²) in [6.07, 6.45) is 14.2. The van der Waals surface area contributed by atoms with Crippen LogP contribution in [0.5, 0.6) is 5.75 Å². The molecule has 2 aromatic rings. The first-order chi connectivity index (χ1) is 17.3. The molecule has 0 saturated carbocycles. The molecule has 0 bridgehead atoms. The molecule has 3 rings (SSSR count). The SMILES string of the molecule is CCCCCCCc1ccc(-c2ccc(OC(=O)C3C=CC=CC3(Cl)OC(=O)CC(C)C)cc2)cc1. The van der Waals surface area contributed by atoms with E-state index in [0.29, 0.717) is 5.75 Å². The number of hydrogen-bond acceptors (Lipinski definition) is 4. The maximum absolute atomic E-state index is 12.9. The van der Waals surface area contributed by atoms with Crippen LogP contribution in [0.4, 0.5) is 0 Å². The van der Waals surface area contributed by atoms with Crippen molar-refractivity contribution in [3.63, 3.8) is 0 Å². The van der Waals surface area contributed by atoms with Crippen molar-refractivity contribution in [1.29, 1.82) is 0 Å². The molecular weight excluding hydrogens is 472 g/mol. The second kappa shape index (κ2) is 13.5. The first-order valence-corrected chi connectivity index (χ1v) is 13.4. The quantitative estimate of drug-likeness (QED) is 0.126. The predicted molar refractivity (Wildman–Crippen MR) is 146 cm³/mol. The van der Waals surface area contributed by atoms with Crippen LogP contribution >= 0.6 is 11.6 Å². The first-order valence-electron chi connectivity index (χ1n) is 13.0. The second-order valence-electron chi connectivity index (χ2n) is 9.80. The number of ether oxygens (including phenoxy) is 2. The Hall–Kier alpha value is -2.85. The largest absolute Gasteiger partial charge is 0.438 e. The molecule has 36 heavy (non-hydrogen) atoms. The van der Waals surface area contributed by atoms with Crippen molar-refractivity contribution in [2.24, 2.45) is 11.8 Å². The maximum Gasteiger partial charge on any atom is 0.324 e. The Bertz CT molecular complexity index is 1050. The van der Waals surface area contributed by atoms with E-state index in [2.05, 4.69) is 31.2 Å². The van der Waals surface area contributed by atoms with Crippen molar-refractivity contribution in [3.05, 3.63) is 78.4 Å². The van der Waals surface area contributed by atoms with E-state index in [9.17, 15) is 9.59 Å². The number of aryl methyl sites for hydroxylation is 1. The lowest BCUT2D eigenvalue weighted by Crippen LogP contribution is -2.42. The van der Waals surface area contributed by atoms with Crippen molar-refractivity contribution in [1.82, 2.24) is 0 Å². The summed E-state index contributed by atoms with van der Waals surface area (Å²) >= 11 is 6.57. The minimum absolute atomic E-state index is 0.122. The molecule has 0 amide bonds. The van der Waals surface area contributed by atoms with Crippen molar-refractivity contribution >= 4 is 23.5 Å². The molecule has 5 heteroatoms. The maximum atomic E-state index is 12.9. The number of unbranched alkanes of at least 4 members (excludes halogenated alkanes) is 4. The lowest BCUT2D eigenvalue weighted by atomic mass is 9.96. The molecule has 2 unspecified atom stereocenters. The molecule has 0 aliphatic heterocycles. The Morgan fingerprint density at radius 3 is 2.19 bits per heavy atom. The molecule has 1 aliphatic carbocycles. The van der Waals surface area contributed by atoms with Crippen LogP contribution in [0.25, 0.3) is 11.1 Å². The normalized spacial score (nSPS) is 18.9. The zero-order valence-corrected chi connectivity index (χ0v) is 22.3. The third-order valence-electron chi connectivity index (χ3n) is 6.19. The van der Waals surface area contributed by atoms with E-state index >= 15 is 0 Å². The van der Waals surface area contributed by atoms with Gasteiger partial charge in [0.1, 0.15) is 11.7 Å². The summed E-state index contributed by atoms with van der Waals surface area (Å²) in [5.74, 6) is -1.46. The molecule has 0 fully saturated rings. The van der Waals surface area contributed by atoms with Crippen LogP contribution in [-0.2, 0) is 20.7 Å². The topological polar surface area (TPSA) is 52.6 Å². The van der Waals surface area contributed by atoms with E-state index in [0.717, 1.165) is 17.5 Å². The highest BCUT2D eigenvalue weighted by Gasteiger charge is 2.44. The van der Waals surface area contributed by atoms with E-state index in [-0.39, 0.29) is 12.3 Å². The fourth-order valence-corrected chi connectivity index (χ4v) is 4.50. The van der Waals surface area contributed by atoms with Gasteiger partial charge in [0.2, 0.25) is 5.06 Å². The number of esters is 2. The van der Waals surface area contributed by atoms with Gasteiger partial charge in [-0.15, -0.1) is 0 Å². The van der Waals surface area contributed by atoms with Crippen LogP contribution in [0.15, 0.2) is 72.8 Å². The molecule has 4 nitrogen and oxygen atoms in total. The lowest BCUT2D eigenvalue weighted by molar-refractivity contribution is -0.156. The summed E-state index contributed by atoms with van der Waals surface area (Å²) < 4.78 is 11.1. The first kappa shape index (κ1) is 27.7. The van der Waals surface area contributed by atoms with Gasteiger partial charge in [-0.05, 0) is 53.7 Å². The van der Waals surface area contributed by atoms with Crippen molar-refractivity contribution in [2.45, 2.75) is 70.8 Å². The Labute approximate surface area is 220 Å². The number of alkyl halides is 1. The van der Waals surface area contributed by atoms with Crippen molar-refractivity contribution in [2.75, 3.05) is 0 Å². The van der Waals surface area contributed by atoms with Crippen LogP contribution < -0.4 is 4.74 Å². The molecule has 0 radical (unpaired) electrons. The van der Waals surface area contributed by atoms with E-state index in [1.54, 1.807) is 30.4 Å². The molecule has 0 spiro atoms. The van der Waals surface area contributed by atoms with Gasteiger partial charge in [-0.3, -0.25) is 9.59 Å². The average molecular weight is 509 g/mol. The molecule has 0 N–H and O–H groups in total. The number of carbonyl (C=O) groups is 2. The van der Waals surface area contributed by atoms with Crippen LogP contribution in [0, 0.1) is 11.8 Å². The molecular formula is C31H37ClO4. The molecule has 0 saturated heterocycles. The standard InChI is InChI=1S/C31H37ClO4/c1-4-5-6-7-8-11-24-13-15-25(16-14-24)26-17-19-27(20-18-26)35-30(34)28-12-9-10-21-31(28,32)36-29(33)22-23(2)3/h9-10,12-21,23,28H,4-8,11,22H2,1-3H3. The summed E-state index contributed by atoms with van der Waals surface area (Å²) in [7, 11) is 0. The van der Waals surface area contributed by atoms with Gasteiger partial charge in [0.15, 0.2) is 0 Å². The van der Waals surface area contributed by atoms with Crippen LogP contribution in [0.1, 0.15) is 64.9 Å². The number of hydrogen-bond donors (Lipinski definition) is 0. The molecule has 192 valence electrons. The zero-order chi connectivity index (χ0) is 26.0. The minimum atomic E-state index is -1.60. The number of allylic oxidation sites excluding steroid dienone is 2. The molecule has 2 aromatic carbocycles. The predicted octanol–water partition coefficient (Wildman–Crippen LogP) is 8.04. The molecule has 2 atom stereocenters. The number of rotatable bonds is 12. The van der Waals surface area contributed by atoms with Gasteiger partial charge < -0.3 is 9.47 Å². The van der Waals surface area contributed by atoms with E-state index in [1.165, 1.54) is 43.7 Å². The highest BCUT2D eigenvalue weighted by Crippen LogP contribution is 2.35. The average Bonchev–Trinajstić information content (AvgIpc) is 2.84. The van der Waals surface area contributed by atoms with Gasteiger partial charge in [-0.25, -0.2) is 0 Å². The summed E-state index contributed by atoms with van der Waals surface area (Å²) in [5, 5.41) is -1.60. The molecule has 1 aliphatic rings. The van der Waals surface area contributed by atoms with Gasteiger partial charge >= 0.3 is 11.9 Å². The van der Waals surface area contributed by atoms with E-state index in [4.69, 9.17) is 21.1 Å². The number of halogens is 1. The fraction of sp³-hybridized carbons (Fsp3) is 0.419. The van der Waals surface area contributed by atoms with Crippen LogP contribution in [0.2, 0.25) is 0 Å². The Morgan fingerprint density at radius 1 is 0.917 bits per heavy atom. The zero-order valence-electron chi connectivity index (χ0n) is 21.5. The van der Waals surface area contributed by atoms with Crippen molar-refractivity contribution < 1.29 is 19.1 Å². The van der Waals surface area contributed by atoms with E-state index in [1.807, 2.05) is 26.0 Å². The Morgan fingerprint density at radius 2 is 1.56 bits per heavy atom. The lowest BCUT2D eigenvalue weighted by Gasteiger charge is -2.31. The summed E-state index contributed by atoms with van der Waals surface area (Å²) in [6, 6.07) is 16.0. The highest BCUT2D eigenvalue weighted by molar-refractivity contribution is 6.26. The monoisotopic (exact) mass is 508 g/mol. The minimum Gasteiger partial charge on any atom is -0.438 e. The Kier molecular flexibility index (Phi) is 10.4.